The lowest BCUT2D eigenvalue weighted by molar-refractivity contribution is -0.116. The normalized spacial score (nSPS) is 18.6. The van der Waals surface area contributed by atoms with Gasteiger partial charge in [0, 0.05) is 47.2 Å². The minimum atomic E-state index is -0.508. The average Bonchev–Trinajstić information content (AvgIpc) is 3.22. The number of hydrogen-bond acceptors (Lipinski definition) is 4. The maximum absolute atomic E-state index is 14.1. The number of nitrogens with one attached hydrogen (secondary N) is 2. The zero-order chi connectivity index (χ0) is 22.0. The van der Waals surface area contributed by atoms with Crippen molar-refractivity contribution in [3.8, 4) is 0 Å². The van der Waals surface area contributed by atoms with Gasteiger partial charge in [-0.2, -0.15) is 0 Å². The van der Waals surface area contributed by atoms with Gasteiger partial charge in [-0.15, -0.1) is 0 Å². The summed E-state index contributed by atoms with van der Waals surface area (Å²) in [5, 5.41) is 6.72. The molecule has 2 aromatic rings. The van der Waals surface area contributed by atoms with Crippen molar-refractivity contribution >= 4 is 34.6 Å². The molecule has 5 nitrogen and oxygen atoms in total. The second-order valence-corrected chi connectivity index (χ2v) is 9.10. The predicted octanol–water partition coefficient (Wildman–Crippen LogP) is 4.72. The number of aryl methyl sites for hydroxylation is 1. The van der Waals surface area contributed by atoms with Crippen molar-refractivity contribution in [3.05, 3.63) is 52.3 Å². The van der Waals surface area contributed by atoms with Crippen LogP contribution in [0.25, 0.3) is 0 Å². The van der Waals surface area contributed by atoms with Crippen LogP contribution in [0.1, 0.15) is 36.8 Å². The molecule has 0 spiro atoms. The number of benzene rings is 2. The molecule has 1 amide bonds. The number of halogens is 2. The van der Waals surface area contributed by atoms with E-state index in [1.165, 1.54) is 12.5 Å². The van der Waals surface area contributed by atoms with E-state index < -0.39 is 6.04 Å². The molecule has 7 heteroatoms. The summed E-state index contributed by atoms with van der Waals surface area (Å²) < 4.78 is 14.1. The van der Waals surface area contributed by atoms with E-state index in [-0.39, 0.29) is 11.7 Å². The molecule has 1 fully saturated rings. The lowest BCUT2D eigenvalue weighted by Gasteiger charge is -2.34. The number of hydrogen-bond donors (Lipinski definition) is 3. The third-order valence-electron chi connectivity index (χ3n) is 6.45. The number of rotatable bonds is 6. The van der Waals surface area contributed by atoms with Crippen LogP contribution in [-0.4, -0.2) is 31.6 Å². The van der Waals surface area contributed by atoms with Crippen LogP contribution >= 0.6 is 11.6 Å². The summed E-state index contributed by atoms with van der Waals surface area (Å²) in [4.78, 5) is 15.2. The molecule has 0 saturated carbocycles. The Bertz CT molecular complexity index is 928. The van der Waals surface area contributed by atoms with Crippen LogP contribution in [-0.2, 0) is 11.2 Å². The second kappa shape index (κ2) is 9.45. The quantitative estimate of drug-likeness (QED) is 0.603. The SMILES string of the molecule is Cc1ccc(F)c2c1NC(C(=O)Nc1cc(Cl)cc(N3CCC(CCCN)CC3)c1)C2. The molecule has 1 atom stereocenters. The molecule has 0 aromatic heterocycles. The summed E-state index contributed by atoms with van der Waals surface area (Å²) in [6.07, 6.45) is 4.89. The molecule has 166 valence electrons. The maximum Gasteiger partial charge on any atom is 0.247 e. The Labute approximate surface area is 188 Å². The number of carbonyl (C=O) groups excluding carboxylic acids is 1. The molecular weight excluding hydrogens is 415 g/mol. The molecule has 2 heterocycles. The molecule has 4 rings (SSSR count). The first-order chi connectivity index (χ1) is 14.9. The average molecular weight is 445 g/mol. The molecule has 31 heavy (non-hydrogen) atoms. The molecule has 1 unspecified atom stereocenters. The second-order valence-electron chi connectivity index (χ2n) is 8.67. The van der Waals surface area contributed by atoms with E-state index in [2.05, 4.69) is 15.5 Å². The van der Waals surface area contributed by atoms with Gasteiger partial charge >= 0.3 is 0 Å². The van der Waals surface area contributed by atoms with E-state index in [1.54, 1.807) is 12.1 Å². The van der Waals surface area contributed by atoms with Gasteiger partial charge in [0.05, 0.1) is 0 Å². The highest BCUT2D eigenvalue weighted by Crippen LogP contribution is 2.33. The Kier molecular flexibility index (Phi) is 6.68. The molecule has 0 aliphatic carbocycles. The molecule has 2 aliphatic heterocycles. The summed E-state index contributed by atoms with van der Waals surface area (Å²) in [5.41, 5.74) is 9.55. The van der Waals surface area contributed by atoms with Crippen molar-refractivity contribution in [3.63, 3.8) is 0 Å². The van der Waals surface area contributed by atoms with Crippen LogP contribution in [0.15, 0.2) is 30.3 Å². The molecular formula is C24H30ClFN4O. The number of carbonyl (C=O) groups is 1. The van der Waals surface area contributed by atoms with E-state index >= 15 is 0 Å². The fourth-order valence-electron chi connectivity index (χ4n) is 4.67. The van der Waals surface area contributed by atoms with E-state index in [1.807, 2.05) is 19.1 Å². The first-order valence-corrected chi connectivity index (χ1v) is 11.4. The van der Waals surface area contributed by atoms with Gasteiger partial charge in [0.15, 0.2) is 0 Å². The summed E-state index contributed by atoms with van der Waals surface area (Å²) in [5.74, 6) is 0.268. The Hall–Kier alpha value is -2.31. The Morgan fingerprint density at radius 3 is 2.77 bits per heavy atom. The number of anilines is 3. The topological polar surface area (TPSA) is 70.4 Å². The van der Waals surface area contributed by atoms with Crippen molar-refractivity contribution in [2.45, 2.75) is 45.1 Å². The van der Waals surface area contributed by atoms with Crippen molar-refractivity contribution in [2.24, 2.45) is 11.7 Å². The molecule has 2 aliphatic rings. The minimum Gasteiger partial charge on any atom is -0.373 e. The van der Waals surface area contributed by atoms with Crippen LogP contribution in [0.4, 0.5) is 21.5 Å². The Morgan fingerprint density at radius 1 is 1.29 bits per heavy atom. The molecule has 0 radical (unpaired) electrons. The van der Waals surface area contributed by atoms with E-state index in [0.717, 1.165) is 61.8 Å². The fourth-order valence-corrected chi connectivity index (χ4v) is 4.90. The monoisotopic (exact) mass is 444 g/mol. The Morgan fingerprint density at radius 2 is 2.06 bits per heavy atom. The number of fused-ring (bicyclic) bond motifs is 1. The summed E-state index contributed by atoms with van der Waals surface area (Å²) in [7, 11) is 0. The third-order valence-corrected chi connectivity index (χ3v) is 6.67. The first-order valence-electron chi connectivity index (χ1n) is 11.1. The lowest BCUT2D eigenvalue weighted by atomic mass is 9.92. The summed E-state index contributed by atoms with van der Waals surface area (Å²) in [6, 6.07) is 8.34. The minimum absolute atomic E-state index is 0.191. The molecule has 0 bridgehead atoms. The number of piperidine rings is 1. The molecule has 2 aromatic carbocycles. The van der Waals surface area contributed by atoms with Gasteiger partial charge in [0.25, 0.3) is 0 Å². The lowest BCUT2D eigenvalue weighted by Crippen LogP contribution is -2.34. The number of amides is 1. The van der Waals surface area contributed by atoms with E-state index in [0.29, 0.717) is 22.7 Å². The van der Waals surface area contributed by atoms with Gasteiger partial charge < -0.3 is 21.3 Å². The van der Waals surface area contributed by atoms with Gasteiger partial charge in [0.2, 0.25) is 5.91 Å². The zero-order valence-electron chi connectivity index (χ0n) is 17.9. The van der Waals surface area contributed by atoms with Crippen LogP contribution in [0.3, 0.4) is 0 Å². The van der Waals surface area contributed by atoms with Crippen LogP contribution in [0.2, 0.25) is 5.02 Å². The van der Waals surface area contributed by atoms with E-state index in [9.17, 15) is 9.18 Å². The maximum atomic E-state index is 14.1. The summed E-state index contributed by atoms with van der Waals surface area (Å²) in [6.45, 7) is 4.61. The van der Waals surface area contributed by atoms with Gasteiger partial charge in [-0.05, 0) is 74.9 Å². The predicted molar refractivity (Wildman–Crippen MR) is 126 cm³/mol. The fraction of sp³-hybridized carbons (Fsp3) is 0.458. The zero-order valence-corrected chi connectivity index (χ0v) is 18.6. The number of nitrogens with zero attached hydrogens (tertiary/aromatic N) is 1. The highest BCUT2D eigenvalue weighted by Gasteiger charge is 2.30. The van der Waals surface area contributed by atoms with Crippen LogP contribution in [0.5, 0.6) is 0 Å². The molecule has 1 saturated heterocycles. The van der Waals surface area contributed by atoms with Crippen molar-refractivity contribution in [1.29, 1.82) is 0 Å². The van der Waals surface area contributed by atoms with Gasteiger partial charge in [0.1, 0.15) is 11.9 Å². The largest absolute Gasteiger partial charge is 0.373 e. The van der Waals surface area contributed by atoms with Crippen molar-refractivity contribution < 1.29 is 9.18 Å². The molecule has 4 N–H and O–H groups in total. The first kappa shape index (κ1) is 21.9. The van der Waals surface area contributed by atoms with Gasteiger partial charge in [-0.25, -0.2) is 4.39 Å². The standard InChI is InChI=1S/C24H30ClFN4O/c1-15-4-5-21(26)20-14-22(29-23(15)20)24(31)28-18-11-17(25)12-19(13-18)30-9-6-16(7-10-30)3-2-8-27/h4-5,11-13,16,22,29H,2-3,6-10,14,27H2,1H3,(H,28,31). The van der Waals surface area contributed by atoms with E-state index in [4.69, 9.17) is 17.3 Å². The Balaban J connectivity index is 1.41. The smallest absolute Gasteiger partial charge is 0.247 e. The van der Waals surface area contributed by atoms with Crippen LogP contribution in [0, 0.1) is 18.7 Å². The number of nitrogens with two attached hydrogens (primary N) is 1. The van der Waals surface area contributed by atoms with Crippen molar-refractivity contribution in [2.75, 3.05) is 35.2 Å². The third kappa shape index (κ3) is 4.96. The van der Waals surface area contributed by atoms with Crippen LogP contribution < -0.4 is 21.3 Å². The highest BCUT2D eigenvalue weighted by atomic mass is 35.5. The van der Waals surface area contributed by atoms with Gasteiger partial charge in [-0.1, -0.05) is 17.7 Å². The van der Waals surface area contributed by atoms with Crippen molar-refractivity contribution in [1.82, 2.24) is 0 Å². The summed E-state index contributed by atoms with van der Waals surface area (Å²) >= 11 is 6.37. The van der Waals surface area contributed by atoms with Gasteiger partial charge in [-0.3, -0.25) is 4.79 Å². The highest BCUT2D eigenvalue weighted by molar-refractivity contribution is 6.31.